The zero-order valence-corrected chi connectivity index (χ0v) is 10.4. The number of carbonyl (C=O) groups excluding carboxylic acids is 1. The van der Waals surface area contributed by atoms with Gasteiger partial charge in [0, 0.05) is 16.6 Å². The smallest absolute Gasteiger partial charge is 0.304 e. The molecule has 17 heavy (non-hydrogen) atoms. The Morgan fingerprint density at radius 2 is 1.94 bits per heavy atom. The van der Waals surface area contributed by atoms with E-state index in [1.54, 1.807) is 23.9 Å². The lowest BCUT2D eigenvalue weighted by Crippen LogP contribution is -2.10. The molecule has 0 aromatic heterocycles. The molecule has 1 atom stereocenters. The summed E-state index contributed by atoms with van der Waals surface area (Å²) in [5.41, 5.74) is 6.67. The van der Waals surface area contributed by atoms with Crippen molar-refractivity contribution in [3.05, 3.63) is 35.4 Å². The number of carbonyl (C=O) groups is 2. The number of thioether (sulfide) groups is 1. The molecule has 0 bridgehead atoms. The molecule has 0 aliphatic rings. The average Bonchev–Trinajstić information content (AvgIpc) is 2.26. The third-order valence-electron chi connectivity index (χ3n) is 2.24. The van der Waals surface area contributed by atoms with Crippen molar-refractivity contribution in [2.24, 2.45) is 5.73 Å². The second-order valence-electron chi connectivity index (χ2n) is 3.78. The van der Waals surface area contributed by atoms with Gasteiger partial charge < -0.3 is 10.8 Å². The zero-order valence-electron chi connectivity index (χ0n) is 9.55. The Morgan fingerprint density at radius 3 is 2.41 bits per heavy atom. The highest BCUT2D eigenvalue weighted by molar-refractivity contribution is 7.99. The van der Waals surface area contributed by atoms with E-state index >= 15 is 0 Å². The predicted octanol–water partition coefficient (Wildman–Crippen LogP) is 1.88. The minimum atomic E-state index is -0.783. The molecule has 0 radical (unpaired) electrons. The second kappa shape index (κ2) is 6.30. The van der Waals surface area contributed by atoms with E-state index in [1.165, 1.54) is 0 Å². The first-order chi connectivity index (χ1) is 7.99. The van der Waals surface area contributed by atoms with Gasteiger partial charge in [-0.25, -0.2) is 0 Å². The normalized spacial score (nSPS) is 12.1. The van der Waals surface area contributed by atoms with Crippen LogP contribution in [-0.2, 0) is 10.5 Å². The van der Waals surface area contributed by atoms with Crippen LogP contribution in [0, 0.1) is 0 Å². The number of amides is 1. The summed E-state index contributed by atoms with van der Waals surface area (Å²) in [6.45, 7) is 1.89. The van der Waals surface area contributed by atoms with Crippen molar-refractivity contribution in [3.63, 3.8) is 0 Å². The van der Waals surface area contributed by atoms with Crippen LogP contribution in [0.25, 0.3) is 0 Å². The van der Waals surface area contributed by atoms with Gasteiger partial charge in [0.1, 0.15) is 0 Å². The molecule has 5 heteroatoms. The maximum atomic E-state index is 10.9. The molecule has 0 spiro atoms. The van der Waals surface area contributed by atoms with Gasteiger partial charge in [0.15, 0.2) is 0 Å². The Kier molecular flexibility index (Phi) is 5.03. The van der Waals surface area contributed by atoms with Crippen LogP contribution in [0.15, 0.2) is 24.3 Å². The van der Waals surface area contributed by atoms with Crippen LogP contribution in [0.1, 0.15) is 29.3 Å². The van der Waals surface area contributed by atoms with E-state index in [2.05, 4.69) is 0 Å². The summed E-state index contributed by atoms with van der Waals surface area (Å²) >= 11 is 1.58. The van der Waals surface area contributed by atoms with Crippen LogP contribution in [-0.4, -0.2) is 22.2 Å². The minimum Gasteiger partial charge on any atom is -0.481 e. The fraction of sp³-hybridized carbons (Fsp3) is 0.333. The van der Waals surface area contributed by atoms with Gasteiger partial charge in [-0.1, -0.05) is 19.1 Å². The van der Waals surface area contributed by atoms with E-state index in [0.29, 0.717) is 5.56 Å². The molecule has 1 amide bonds. The van der Waals surface area contributed by atoms with Gasteiger partial charge >= 0.3 is 5.97 Å². The van der Waals surface area contributed by atoms with Gasteiger partial charge in [-0.2, -0.15) is 11.8 Å². The summed E-state index contributed by atoms with van der Waals surface area (Å²) in [5.74, 6) is -0.495. The number of carboxylic acid groups (broad SMARTS) is 1. The van der Waals surface area contributed by atoms with Gasteiger partial charge in [0.25, 0.3) is 0 Å². The molecule has 1 aromatic rings. The largest absolute Gasteiger partial charge is 0.481 e. The molecular weight excluding hydrogens is 238 g/mol. The molecular formula is C12H15NO3S. The number of hydrogen-bond acceptors (Lipinski definition) is 3. The minimum absolute atomic E-state index is 0.0725. The third kappa shape index (κ3) is 4.91. The molecule has 1 unspecified atom stereocenters. The molecule has 3 N–H and O–H groups in total. The molecule has 0 heterocycles. The number of primary amides is 1. The van der Waals surface area contributed by atoms with E-state index in [1.807, 2.05) is 19.1 Å². The molecule has 0 saturated carbocycles. The van der Waals surface area contributed by atoms with Crippen molar-refractivity contribution >= 4 is 23.6 Å². The second-order valence-corrected chi connectivity index (χ2v) is 5.21. The molecule has 0 aliphatic heterocycles. The summed E-state index contributed by atoms with van der Waals surface area (Å²) < 4.78 is 0. The number of carboxylic acids is 1. The van der Waals surface area contributed by atoms with Gasteiger partial charge in [0.05, 0.1) is 6.42 Å². The molecule has 0 aliphatic carbocycles. The SMILES string of the molecule is CC(CC(=O)O)SCc1ccc(C(N)=O)cc1. The van der Waals surface area contributed by atoms with Gasteiger partial charge in [-0.15, -0.1) is 0 Å². The van der Waals surface area contributed by atoms with Gasteiger partial charge in [-0.3, -0.25) is 9.59 Å². The number of aliphatic carboxylic acids is 1. The van der Waals surface area contributed by atoms with Crippen molar-refractivity contribution < 1.29 is 14.7 Å². The van der Waals surface area contributed by atoms with Crippen LogP contribution in [0.5, 0.6) is 0 Å². The maximum absolute atomic E-state index is 10.9. The van der Waals surface area contributed by atoms with Gasteiger partial charge in [-0.05, 0) is 17.7 Å². The van der Waals surface area contributed by atoms with Crippen molar-refractivity contribution in [1.82, 2.24) is 0 Å². The van der Waals surface area contributed by atoms with Crippen molar-refractivity contribution in [2.45, 2.75) is 24.3 Å². The molecule has 0 fully saturated rings. The van der Waals surface area contributed by atoms with E-state index in [9.17, 15) is 9.59 Å². The summed E-state index contributed by atoms with van der Waals surface area (Å²) in [6, 6.07) is 7.03. The first kappa shape index (κ1) is 13.6. The van der Waals surface area contributed by atoms with E-state index in [4.69, 9.17) is 10.8 Å². The Morgan fingerprint density at radius 1 is 1.35 bits per heavy atom. The topological polar surface area (TPSA) is 80.4 Å². The Hall–Kier alpha value is -1.49. The van der Waals surface area contributed by atoms with Crippen LogP contribution < -0.4 is 5.73 Å². The van der Waals surface area contributed by atoms with Crippen molar-refractivity contribution in [2.75, 3.05) is 0 Å². The molecule has 0 saturated heterocycles. The number of rotatable bonds is 6. The lowest BCUT2D eigenvalue weighted by atomic mass is 10.1. The highest BCUT2D eigenvalue weighted by Crippen LogP contribution is 2.20. The monoisotopic (exact) mass is 253 g/mol. The summed E-state index contributed by atoms with van der Waals surface area (Å²) in [7, 11) is 0. The summed E-state index contributed by atoms with van der Waals surface area (Å²) in [6.07, 6.45) is 0.157. The third-order valence-corrected chi connectivity index (χ3v) is 3.47. The van der Waals surface area contributed by atoms with Gasteiger partial charge in [0.2, 0.25) is 5.91 Å². The first-order valence-electron chi connectivity index (χ1n) is 5.21. The average molecular weight is 253 g/mol. The Bertz CT molecular complexity index is 403. The van der Waals surface area contributed by atoms with E-state index in [0.717, 1.165) is 11.3 Å². The standard InChI is InChI=1S/C12H15NO3S/c1-8(6-11(14)15)17-7-9-2-4-10(5-3-9)12(13)16/h2-5,8H,6-7H2,1H3,(H2,13,16)(H,14,15). The Labute approximate surface area is 104 Å². The lowest BCUT2D eigenvalue weighted by Gasteiger charge is -2.08. The van der Waals surface area contributed by atoms with E-state index in [-0.39, 0.29) is 11.7 Å². The number of benzene rings is 1. The molecule has 92 valence electrons. The van der Waals surface area contributed by atoms with Crippen LogP contribution in [0.4, 0.5) is 0 Å². The lowest BCUT2D eigenvalue weighted by molar-refractivity contribution is -0.136. The van der Waals surface area contributed by atoms with Crippen molar-refractivity contribution in [1.29, 1.82) is 0 Å². The van der Waals surface area contributed by atoms with Crippen molar-refractivity contribution in [3.8, 4) is 0 Å². The highest BCUT2D eigenvalue weighted by Gasteiger charge is 2.08. The number of hydrogen-bond donors (Lipinski definition) is 2. The summed E-state index contributed by atoms with van der Waals surface area (Å²) in [4.78, 5) is 21.3. The molecule has 1 rings (SSSR count). The van der Waals surface area contributed by atoms with E-state index < -0.39 is 11.9 Å². The zero-order chi connectivity index (χ0) is 12.8. The van der Waals surface area contributed by atoms with Crippen LogP contribution in [0.3, 0.4) is 0 Å². The maximum Gasteiger partial charge on any atom is 0.304 e. The fourth-order valence-electron chi connectivity index (χ4n) is 1.31. The van der Waals surface area contributed by atoms with Crippen LogP contribution in [0.2, 0.25) is 0 Å². The first-order valence-corrected chi connectivity index (χ1v) is 6.26. The predicted molar refractivity (Wildman–Crippen MR) is 68.0 cm³/mol. The number of nitrogens with two attached hydrogens (primary N) is 1. The summed E-state index contributed by atoms with van der Waals surface area (Å²) in [5, 5.41) is 8.69. The Balaban J connectivity index is 2.47. The molecule has 1 aromatic carbocycles. The fourth-order valence-corrected chi connectivity index (χ4v) is 2.24. The highest BCUT2D eigenvalue weighted by atomic mass is 32.2. The quantitative estimate of drug-likeness (QED) is 0.811. The molecule has 4 nitrogen and oxygen atoms in total. The van der Waals surface area contributed by atoms with Crippen LogP contribution >= 0.6 is 11.8 Å².